The summed E-state index contributed by atoms with van der Waals surface area (Å²) >= 11 is 2.41. The Morgan fingerprint density at radius 1 is 1.21 bits per heavy atom. The lowest BCUT2D eigenvalue weighted by molar-refractivity contribution is -0.113. The van der Waals surface area contributed by atoms with E-state index in [-0.39, 0.29) is 11.7 Å². The Kier molecular flexibility index (Phi) is 6.72. The van der Waals surface area contributed by atoms with E-state index in [1.807, 2.05) is 36.4 Å². The zero-order chi connectivity index (χ0) is 19.9. The first kappa shape index (κ1) is 20.0. The molecule has 0 saturated heterocycles. The van der Waals surface area contributed by atoms with Crippen LogP contribution in [0.15, 0.2) is 47.8 Å². The maximum Gasteiger partial charge on any atom is 0.350 e. The van der Waals surface area contributed by atoms with Crippen LogP contribution in [-0.4, -0.2) is 39.2 Å². The second-order valence-electron chi connectivity index (χ2n) is 5.60. The van der Waals surface area contributed by atoms with Crippen LogP contribution in [0, 0.1) is 6.92 Å². The number of ether oxygens (including phenoxy) is 1. The number of benzene rings is 1. The number of amides is 1. The van der Waals surface area contributed by atoms with E-state index in [1.54, 1.807) is 13.8 Å². The Hall–Kier alpha value is -2.78. The summed E-state index contributed by atoms with van der Waals surface area (Å²) in [6.45, 7) is 3.74. The lowest BCUT2D eigenvalue weighted by Crippen LogP contribution is -2.13. The van der Waals surface area contributed by atoms with Crippen molar-refractivity contribution in [1.82, 2.24) is 15.0 Å². The minimum absolute atomic E-state index is 0.165. The van der Waals surface area contributed by atoms with Crippen molar-refractivity contribution >= 4 is 40.1 Å². The van der Waals surface area contributed by atoms with E-state index >= 15 is 0 Å². The highest BCUT2D eigenvalue weighted by Crippen LogP contribution is 2.25. The molecule has 0 aliphatic carbocycles. The number of carbonyl (C=O) groups excluding carboxylic acids is 2. The summed E-state index contributed by atoms with van der Waals surface area (Å²) in [5, 5.41) is 3.79. The van der Waals surface area contributed by atoms with Crippen LogP contribution in [0.2, 0.25) is 0 Å². The smallest absolute Gasteiger partial charge is 0.350 e. The molecule has 2 aromatic heterocycles. The lowest BCUT2D eigenvalue weighted by atomic mass is 10.1. The van der Waals surface area contributed by atoms with Gasteiger partial charge >= 0.3 is 5.97 Å². The Morgan fingerprint density at radius 2 is 2.00 bits per heavy atom. The van der Waals surface area contributed by atoms with Gasteiger partial charge in [0.2, 0.25) is 5.91 Å². The molecule has 0 aliphatic rings. The molecule has 0 spiro atoms. The van der Waals surface area contributed by atoms with Gasteiger partial charge < -0.3 is 10.1 Å². The molecule has 1 amide bonds. The van der Waals surface area contributed by atoms with Gasteiger partial charge in [-0.25, -0.2) is 19.7 Å². The first-order valence-electron chi connectivity index (χ1n) is 8.51. The first-order valence-corrected chi connectivity index (χ1v) is 10.3. The number of rotatable bonds is 7. The number of hydrogen-bond donors (Lipinski definition) is 1. The average Bonchev–Trinajstić information content (AvgIpc) is 3.07. The third-order valence-corrected chi connectivity index (χ3v) is 5.54. The summed E-state index contributed by atoms with van der Waals surface area (Å²) < 4.78 is 4.98. The number of nitrogens with zero attached hydrogens (tertiary/aromatic N) is 3. The van der Waals surface area contributed by atoms with Crippen LogP contribution in [0.5, 0.6) is 0 Å². The highest BCUT2D eigenvalue weighted by molar-refractivity contribution is 7.99. The molecular formula is C19H18N4O3S2. The molecular weight excluding hydrogens is 396 g/mol. The van der Waals surface area contributed by atoms with Crippen LogP contribution in [0.1, 0.15) is 22.3 Å². The molecule has 0 atom stereocenters. The Balaban J connectivity index is 1.59. The van der Waals surface area contributed by atoms with Gasteiger partial charge in [-0.3, -0.25) is 4.79 Å². The van der Waals surface area contributed by atoms with Gasteiger partial charge in [-0.05, 0) is 19.9 Å². The van der Waals surface area contributed by atoms with Gasteiger partial charge in [0.05, 0.1) is 23.7 Å². The van der Waals surface area contributed by atoms with Gasteiger partial charge in [0.25, 0.3) is 0 Å². The lowest BCUT2D eigenvalue weighted by Gasteiger charge is -2.04. The van der Waals surface area contributed by atoms with Crippen LogP contribution in [0.25, 0.3) is 11.3 Å². The predicted octanol–water partition coefficient (Wildman–Crippen LogP) is 3.82. The van der Waals surface area contributed by atoms with Crippen molar-refractivity contribution < 1.29 is 14.3 Å². The normalized spacial score (nSPS) is 10.5. The molecule has 1 aromatic carbocycles. The van der Waals surface area contributed by atoms with E-state index in [0.29, 0.717) is 27.3 Å². The zero-order valence-electron chi connectivity index (χ0n) is 15.3. The quantitative estimate of drug-likeness (QED) is 0.357. The van der Waals surface area contributed by atoms with Gasteiger partial charge in [0.15, 0.2) is 5.13 Å². The summed E-state index contributed by atoms with van der Waals surface area (Å²) in [5.74, 6) is -0.491. The monoisotopic (exact) mass is 414 g/mol. The number of esters is 1. The zero-order valence-corrected chi connectivity index (χ0v) is 17.0. The Labute approximate surface area is 170 Å². The van der Waals surface area contributed by atoms with Crippen molar-refractivity contribution in [3.8, 4) is 11.3 Å². The number of thioether (sulfide) groups is 1. The van der Waals surface area contributed by atoms with Gasteiger partial charge in [0, 0.05) is 5.56 Å². The van der Waals surface area contributed by atoms with E-state index in [9.17, 15) is 9.59 Å². The summed E-state index contributed by atoms with van der Waals surface area (Å²) in [7, 11) is 0. The number of aryl methyl sites for hydroxylation is 1. The maximum atomic E-state index is 12.2. The highest BCUT2D eigenvalue weighted by Gasteiger charge is 2.17. The number of anilines is 1. The summed E-state index contributed by atoms with van der Waals surface area (Å²) in [6, 6.07) is 11.6. The van der Waals surface area contributed by atoms with E-state index < -0.39 is 5.97 Å². The van der Waals surface area contributed by atoms with Crippen molar-refractivity contribution in [1.29, 1.82) is 0 Å². The summed E-state index contributed by atoms with van der Waals surface area (Å²) in [4.78, 5) is 37.2. The maximum absolute atomic E-state index is 12.2. The molecule has 1 N–H and O–H groups in total. The van der Waals surface area contributed by atoms with E-state index in [0.717, 1.165) is 22.6 Å². The van der Waals surface area contributed by atoms with E-state index in [2.05, 4.69) is 20.3 Å². The molecule has 2 heterocycles. The molecule has 144 valence electrons. The molecule has 0 fully saturated rings. The van der Waals surface area contributed by atoms with Crippen LogP contribution in [0.3, 0.4) is 0 Å². The molecule has 3 rings (SSSR count). The van der Waals surface area contributed by atoms with Gasteiger partial charge in [0.1, 0.15) is 16.2 Å². The predicted molar refractivity (Wildman–Crippen MR) is 110 cm³/mol. The van der Waals surface area contributed by atoms with Crippen LogP contribution < -0.4 is 5.32 Å². The minimum Gasteiger partial charge on any atom is -0.462 e. The second kappa shape index (κ2) is 9.43. The number of nitrogens with one attached hydrogen (secondary N) is 1. The fourth-order valence-corrected chi connectivity index (χ4v) is 3.86. The second-order valence-corrected chi connectivity index (χ2v) is 7.59. The SMILES string of the molecule is CCOC(=O)c1sc(NC(=O)CSc2cc(-c3ccccc3)ncn2)nc1C. The third kappa shape index (κ3) is 5.14. The minimum atomic E-state index is -0.429. The average molecular weight is 415 g/mol. The van der Waals surface area contributed by atoms with Crippen LogP contribution in [0.4, 0.5) is 5.13 Å². The van der Waals surface area contributed by atoms with Gasteiger partial charge in [-0.1, -0.05) is 53.4 Å². The van der Waals surface area contributed by atoms with Gasteiger partial charge in [-0.15, -0.1) is 0 Å². The van der Waals surface area contributed by atoms with Crippen molar-refractivity contribution in [3.05, 3.63) is 53.3 Å². The molecule has 0 radical (unpaired) electrons. The molecule has 0 bridgehead atoms. The molecule has 0 aliphatic heterocycles. The van der Waals surface area contributed by atoms with Crippen LogP contribution >= 0.6 is 23.1 Å². The highest BCUT2D eigenvalue weighted by atomic mass is 32.2. The molecule has 0 saturated carbocycles. The van der Waals surface area contributed by atoms with Crippen LogP contribution in [-0.2, 0) is 9.53 Å². The Bertz CT molecular complexity index is 976. The molecule has 7 nitrogen and oxygen atoms in total. The Morgan fingerprint density at radius 3 is 2.75 bits per heavy atom. The fraction of sp³-hybridized carbons (Fsp3) is 0.211. The topological polar surface area (TPSA) is 94.1 Å². The fourth-order valence-electron chi connectivity index (χ4n) is 2.32. The number of aromatic nitrogens is 3. The van der Waals surface area contributed by atoms with E-state index in [1.165, 1.54) is 18.1 Å². The van der Waals surface area contributed by atoms with Crippen molar-refractivity contribution in [2.24, 2.45) is 0 Å². The van der Waals surface area contributed by atoms with Crippen molar-refractivity contribution in [2.75, 3.05) is 17.7 Å². The van der Waals surface area contributed by atoms with Crippen molar-refractivity contribution in [2.45, 2.75) is 18.9 Å². The van der Waals surface area contributed by atoms with E-state index in [4.69, 9.17) is 4.74 Å². The largest absolute Gasteiger partial charge is 0.462 e. The third-order valence-electron chi connectivity index (χ3n) is 3.57. The number of hydrogen-bond acceptors (Lipinski definition) is 8. The molecule has 9 heteroatoms. The molecule has 3 aromatic rings. The standard InChI is InChI=1S/C19H18N4O3S2/c1-3-26-18(25)17-12(2)22-19(28-17)23-15(24)10-27-16-9-14(20-11-21-16)13-7-5-4-6-8-13/h4-9,11H,3,10H2,1-2H3,(H,22,23,24). The molecule has 28 heavy (non-hydrogen) atoms. The van der Waals surface area contributed by atoms with Crippen molar-refractivity contribution in [3.63, 3.8) is 0 Å². The first-order chi connectivity index (χ1) is 13.6. The van der Waals surface area contributed by atoms with Gasteiger partial charge in [-0.2, -0.15) is 0 Å². The summed E-state index contributed by atoms with van der Waals surface area (Å²) in [5.41, 5.74) is 2.32. The number of carbonyl (C=O) groups is 2. The number of thiazole rings is 1. The molecule has 0 unspecified atom stereocenters. The summed E-state index contributed by atoms with van der Waals surface area (Å²) in [6.07, 6.45) is 1.48.